The number of hydrogen-bond donors (Lipinski definition) is 1. The van der Waals surface area contributed by atoms with Crippen LogP contribution in [0.5, 0.6) is 0 Å². The molecule has 1 amide bonds. The van der Waals surface area contributed by atoms with Crippen LogP contribution >= 0.6 is 0 Å². The van der Waals surface area contributed by atoms with E-state index in [1.807, 2.05) is 29.2 Å². The van der Waals surface area contributed by atoms with Crippen molar-refractivity contribution in [1.29, 1.82) is 0 Å². The second-order valence-electron chi connectivity index (χ2n) is 5.50. The van der Waals surface area contributed by atoms with Gasteiger partial charge < -0.3 is 14.8 Å². The van der Waals surface area contributed by atoms with Crippen molar-refractivity contribution in [1.82, 2.24) is 14.9 Å². The van der Waals surface area contributed by atoms with Gasteiger partial charge in [-0.2, -0.15) is 0 Å². The average molecular weight is 300 g/mol. The number of para-hydroxylation sites is 2. The molecule has 116 valence electrons. The van der Waals surface area contributed by atoms with Crippen molar-refractivity contribution in [2.75, 3.05) is 25.0 Å². The molecule has 2 aromatic rings. The van der Waals surface area contributed by atoms with Gasteiger partial charge >= 0.3 is 0 Å². The van der Waals surface area contributed by atoms with Crippen LogP contribution in [-0.4, -0.2) is 35.6 Å². The summed E-state index contributed by atoms with van der Waals surface area (Å²) < 4.78 is 1.67. The van der Waals surface area contributed by atoms with Crippen LogP contribution in [0.3, 0.4) is 0 Å². The van der Waals surface area contributed by atoms with Gasteiger partial charge in [0, 0.05) is 33.1 Å². The summed E-state index contributed by atoms with van der Waals surface area (Å²) in [7, 11) is 1.60. The molecule has 2 heterocycles. The van der Waals surface area contributed by atoms with E-state index in [0.717, 1.165) is 37.0 Å². The molecule has 1 saturated heterocycles. The van der Waals surface area contributed by atoms with E-state index in [1.54, 1.807) is 11.6 Å². The van der Waals surface area contributed by atoms with Crippen molar-refractivity contribution in [2.45, 2.75) is 25.8 Å². The lowest BCUT2D eigenvalue weighted by Gasteiger charge is -2.18. The molecule has 0 radical (unpaired) electrons. The molecule has 0 bridgehead atoms. The third-order valence-electron chi connectivity index (χ3n) is 4.08. The number of nitrogens with one attached hydrogen (secondary N) is 1. The van der Waals surface area contributed by atoms with Crippen LogP contribution in [-0.2, 0) is 11.3 Å². The van der Waals surface area contributed by atoms with Gasteiger partial charge in [-0.3, -0.25) is 9.59 Å². The maximum atomic E-state index is 12.8. The highest BCUT2D eigenvalue weighted by Gasteiger charge is 2.20. The van der Waals surface area contributed by atoms with Crippen LogP contribution in [0.25, 0.3) is 11.0 Å². The van der Waals surface area contributed by atoms with Crippen molar-refractivity contribution in [2.24, 2.45) is 0 Å². The zero-order valence-corrected chi connectivity index (χ0v) is 12.7. The second-order valence-corrected chi connectivity index (χ2v) is 5.50. The molecule has 0 aliphatic carbocycles. The number of rotatable bonds is 4. The van der Waals surface area contributed by atoms with Gasteiger partial charge in [0.2, 0.25) is 5.91 Å². The zero-order chi connectivity index (χ0) is 15.5. The van der Waals surface area contributed by atoms with Crippen LogP contribution in [0.1, 0.15) is 19.3 Å². The van der Waals surface area contributed by atoms with Gasteiger partial charge in [-0.15, -0.1) is 0 Å². The Morgan fingerprint density at radius 1 is 1.27 bits per heavy atom. The Morgan fingerprint density at radius 2 is 2.00 bits per heavy atom. The van der Waals surface area contributed by atoms with Crippen molar-refractivity contribution in [3.8, 4) is 0 Å². The van der Waals surface area contributed by atoms with Crippen LogP contribution in [0, 0.1) is 0 Å². The Bertz CT molecular complexity index is 747. The van der Waals surface area contributed by atoms with Gasteiger partial charge in [-0.1, -0.05) is 12.1 Å². The molecule has 3 rings (SSSR count). The van der Waals surface area contributed by atoms with Gasteiger partial charge in [-0.25, -0.2) is 4.98 Å². The lowest BCUT2D eigenvalue weighted by Crippen LogP contribution is -2.33. The maximum Gasteiger partial charge on any atom is 0.294 e. The van der Waals surface area contributed by atoms with Crippen LogP contribution in [0.2, 0.25) is 0 Å². The Labute approximate surface area is 128 Å². The van der Waals surface area contributed by atoms with Crippen molar-refractivity contribution in [3.05, 3.63) is 34.6 Å². The molecular formula is C16H20N4O2. The molecule has 0 spiro atoms. The molecule has 1 aromatic heterocycles. The number of amides is 1. The summed E-state index contributed by atoms with van der Waals surface area (Å²) in [4.78, 5) is 30.9. The maximum absolute atomic E-state index is 12.8. The summed E-state index contributed by atoms with van der Waals surface area (Å²) >= 11 is 0. The first kappa shape index (κ1) is 14.6. The molecule has 6 heteroatoms. The predicted octanol–water partition coefficient (Wildman–Crippen LogP) is 1.13. The normalized spacial score (nSPS) is 14.5. The molecule has 1 N–H and O–H groups in total. The van der Waals surface area contributed by atoms with Crippen molar-refractivity contribution in [3.63, 3.8) is 0 Å². The van der Waals surface area contributed by atoms with Gasteiger partial charge in [-0.05, 0) is 25.0 Å². The topological polar surface area (TPSA) is 67.2 Å². The molecule has 22 heavy (non-hydrogen) atoms. The fraction of sp³-hybridized carbons (Fsp3) is 0.438. The SMILES string of the molecule is CNC(=O)CCn1c(=O)c(N2CCCC2)nc2ccccc21. The average Bonchev–Trinajstić information content (AvgIpc) is 3.07. The number of aryl methyl sites for hydroxylation is 1. The summed E-state index contributed by atoms with van der Waals surface area (Å²) in [5, 5.41) is 2.59. The number of nitrogens with zero attached hydrogens (tertiary/aromatic N) is 3. The number of hydrogen-bond acceptors (Lipinski definition) is 4. The van der Waals surface area contributed by atoms with E-state index in [-0.39, 0.29) is 17.9 Å². The van der Waals surface area contributed by atoms with E-state index < -0.39 is 0 Å². The number of carbonyl (C=O) groups excluding carboxylic acids is 1. The minimum Gasteiger partial charge on any atom is -0.359 e. The third kappa shape index (κ3) is 2.68. The number of benzene rings is 1. The highest BCUT2D eigenvalue weighted by molar-refractivity contribution is 5.78. The molecule has 0 unspecified atom stereocenters. The number of anilines is 1. The largest absolute Gasteiger partial charge is 0.359 e. The molecule has 1 aromatic carbocycles. The van der Waals surface area contributed by atoms with Gasteiger partial charge in [0.25, 0.3) is 5.56 Å². The molecule has 1 aliphatic heterocycles. The highest BCUT2D eigenvalue weighted by Crippen LogP contribution is 2.18. The molecular weight excluding hydrogens is 280 g/mol. The standard InChI is InChI=1S/C16H20N4O2/c1-17-14(21)8-11-20-13-7-3-2-6-12(13)18-15(16(20)22)19-9-4-5-10-19/h2-3,6-7H,4-5,8-11H2,1H3,(H,17,21). The Balaban J connectivity index is 2.08. The Morgan fingerprint density at radius 3 is 2.73 bits per heavy atom. The van der Waals surface area contributed by atoms with Crippen LogP contribution in [0.15, 0.2) is 29.1 Å². The fourth-order valence-electron chi connectivity index (χ4n) is 2.87. The van der Waals surface area contributed by atoms with Crippen molar-refractivity contribution < 1.29 is 4.79 Å². The first-order valence-corrected chi connectivity index (χ1v) is 7.66. The van der Waals surface area contributed by atoms with Gasteiger partial charge in [0.15, 0.2) is 5.82 Å². The molecule has 6 nitrogen and oxygen atoms in total. The third-order valence-corrected chi connectivity index (χ3v) is 4.08. The molecule has 1 fully saturated rings. The second kappa shape index (κ2) is 6.17. The molecule has 0 saturated carbocycles. The smallest absolute Gasteiger partial charge is 0.294 e. The number of aromatic nitrogens is 2. The Kier molecular flexibility index (Phi) is 4.09. The highest BCUT2D eigenvalue weighted by atomic mass is 16.1. The van der Waals surface area contributed by atoms with E-state index in [4.69, 9.17) is 0 Å². The first-order chi connectivity index (χ1) is 10.7. The monoisotopic (exact) mass is 300 g/mol. The van der Waals surface area contributed by atoms with Crippen LogP contribution < -0.4 is 15.8 Å². The minimum atomic E-state index is -0.107. The summed E-state index contributed by atoms with van der Waals surface area (Å²) in [5.74, 6) is 0.434. The lowest BCUT2D eigenvalue weighted by atomic mass is 10.2. The fourth-order valence-corrected chi connectivity index (χ4v) is 2.87. The van der Waals surface area contributed by atoms with Gasteiger partial charge in [0.05, 0.1) is 11.0 Å². The Hall–Kier alpha value is -2.37. The summed E-state index contributed by atoms with van der Waals surface area (Å²) in [5.41, 5.74) is 1.46. The van der Waals surface area contributed by atoms with Crippen molar-refractivity contribution >= 4 is 22.8 Å². The summed E-state index contributed by atoms with van der Waals surface area (Å²) in [6, 6.07) is 7.58. The first-order valence-electron chi connectivity index (χ1n) is 7.66. The number of fused-ring (bicyclic) bond motifs is 1. The van der Waals surface area contributed by atoms with E-state index in [9.17, 15) is 9.59 Å². The van der Waals surface area contributed by atoms with E-state index in [0.29, 0.717) is 12.4 Å². The van der Waals surface area contributed by atoms with E-state index in [1.165, 1.54) is 0 Å². The zero-order valence-electron chi connectivity index (χ0n) is 12.7. The lowest BCUT2D eigenvalue weighted by molar-refractivity contribution is -0.120. The quantitative estimate of drug-likeness (QED) is 0.919. The minimum absolute atomic E-state index is 0.0736. The number of carbonyl (C=O) groups is 1. The summed E-state index contributed by atoms with van der Waals surface area (Å²) in [6.45, 7) is 2.11. The van der Waals surface area contributed by atoms with Gasteiger partial charge in [0.1, 0.15) is 0 Å². The molecule has 1 aliphatic rings. The van der Waals surface area contributed by atoms with E-state index >= 15 is 0 Å². The van der Waals surface area contributed by atoms with E-state index in [2.05, 4.69) is 10.3 Å². The molecule has 0 atom stereocenters. The predicted molar refractivity (Wildman–Crippen MR) is 86.1 cm³/mol. The summed E-state index contributed by atoms with van der Waals surface area (Å²) in [6.07, 6.45) is 2.46. The van der Waals surface area contributed by atoms with Crippen LogP contribution in [0.4, 0.5) is 5.82 Å².